The van der Waals surface area contributed by atoms with Crippen LogP contribution in [0.5, 0.6) is 0 Å². The van der Waals surface area contributed by atoms with Crippen molar-refractivity contribution in [3.8, 4) is 0 Å². The number of amides is 1. The van der Waals surface area contributed by atoms with Gasteiger partial charge in [0.25, 0.3) is 5.56 Å². The maximum absolute atomic E-state index is 13.6. The molecule has 0 aromatic carbocycles. The zero-order valence-corrected chi connectivity index (χ0v) is 19.5. The molecule has 2 saturated heterocycles. The number of thiophene rings is 1. The van der Waals surface area contributed by atoms with Gasteiger partial charge < -0.3 is 14.8 Å². The van der Waals surface area contributed by atoms with Crippen LogP contribution in [0.15, 0.2) is 9.95 Å². The lowest BCUT2D eigenvalue weighted by Gasteiger charge is -2.18. The summed E-state index contributed by atoms with van der Waals surface area (Å²) in [6.45, 7) is 4.43. The number of hydrogen-bond acceptors (Lipinski definition) is 7. The van der Waals surface area contributed by atoms with Crippen molar-refractivity contribution >= 4 is 39.2 Å². The van der Waals surface area contributed by atoms with E-state index >= 15 is 0 Å². The molecular formula is C22H29N3O4S2. The van der Waals surface area contributed by atoms with Crippen LogP contribution < -0.4 is 10.9 Å². The van der Waals surface area contributed by atoms with Crippen molar-refractivity contribution in [2.24, 2.45) is 0 Å². The molecule has 0 bridgehead atoms. The minimum atomic E-state index is -0.353. The monoisotopic (exact) mass is 463 g/mol. The topological polar surface area (TPSA) is 82.5 Å². The van der Waals surface area contributed by atoms with Crippen LogP contribution >= 0.6 is 23.1 Å². The molecule has 2 aromatic rings. The van der Waals surface area contributed by atoms with Crippen molar-refractivity contribution in [1.29, 1.82) is 0 Å². The predicted molar refractivity (Wildman–Crippen MR) is 122 cm³/mol. The number of thioether (sulfide) groups is 1. The lowest BCUT2D eigenvalue weighted by atomic mass is 10.2. The maximum atomic E-state index is 13.6. The molecule has 2 aliphatic heterocycles. The van der Waals surface area contributed by atoms with E-state index in [4.69, 9.17) is 14.5 Å². The molecule has 168 valence electrons. The molecule has 0 spiro atoms. The molecule has 3 atom stereocenters. The standard InChI is InChI=1S/C22H29N3O4S2/c1-13(19(26)23-11-14-5-3-9-28-14)30-22-24-20-18(16-7-2-8-17(16)31-20)21(27)25(22)12-15-6-4-10-29-15/h13-15H,2-12H2,1H3,(H,23,26)/t13-,14-,15+/m0/s1. The molecule has 9 heteroatoms. The average Bonchev–Trinajstić information content (AvgIpc) is 3.54. The van der Waals surface area contributed by atoms with Gasteiger partial charge in [-0.1, -0.05) is 11.8 Å². The second-order valence-electron chi connectivity index (χ2n) is 8.62. The molecular weight excluding hydrogens is 434 g/mol. The highest BCUT2D eigenvalue weighted by atomic mass is 32.2. The molecule has 0 radical (unpaired) electrons. The van der Waals surface area contributed by atoms with Gasteiger partial charge in [0.2, 0.25) is 5.91 Å². The molecule has 1 aliphatic carbocycles. The highest BCUT2D eigenvalue weighted by Crippen LogP contribution is 2.36. The second kappa shape index (κ2) is 9.21. The van der Waals surface area contributed by atoms with E-state index in [2.05, 4.69) is 5.32 Å². The van der Waals surface area contributed by atoms with Crippen LogP contribution in [0.4, 0.5) is 0 Å². The highest BCUT2D eigenvalue weighted by Gasteiger charge is 2.27. The first-order valence-electron chi connectivity index (χ1n) is 11.3. The summed E-state index contributed by atoms with van der Waals surface area (Å²) in [7, 11) is 0. The summed E-state index contributed by atoms with van der Waals surface area (Å²) in [6.07, 6.45) is 7.27. The van der Waals surface area contributed by atoms with Crippen molar-refractivity contribution in [3.63, 3.8) is 0 Å². The quantitative estimate of drug-likeness (QED) is 0.502. The molecule has 0 saturated carbocycles. The molecule has 0 unspecified atom stereocenters. The van der Waals surface area contributed by atoms with E-state index in [1.807, 2.05) is 6.92 Å². The van der Waals surface area contributed by atoms with E-state index < -0.39 is 0 Å². The number of hydrogen-bond donors (Lipinski definition) is 1. The third-order valence-electron chi connectivity index (χ3n) is 6.38. The van der Waals surface area contributed by atoms with Crippen LogP contribution in [0, 0.1) is 0 Å². The van der Waals surface area contributed by atoms with Crippen LogP contribution in [0.1, 0.15) is 49.5 Å². The molecule has 31 heavy (non-hydrogen) atoms. The second-order valence-corrected chi connectivity index (χ2v) is 11.0. The van der Waals surface area contributed by atoms with E-state index in [1.165, 1.54) is 22.2 Å². The number of fused-ring (bicyclic) bond motifs is 3. The van der Waals surface area contributed by atoms with E-state index in [-0.39, 0.29) is 28.9 Å². The van der Waals surface area contributed by atoms with Gasteiger partial charge in [-0.3, -0.25) is 14.2 Å². The van der Waals surface area contributed by atoms with Crippen molar-refractivity contribution in [2.45, 2.75) is 81.0 Å². The normalized spacial score (nSPS) is 24.0. The number of aromatic nitrogens is 2. The third kappa shape index (κ3) is 4.42. The Kier molecular flexibility index (Phi) is 6.37. The number of nitrogens with one attached hydrogen (secondary N) is 1. The average molecular weight is 464 g/mol. The summed E-state index contributed by atoms with van der Waals surface area (Å²) in [6, 6.07) is 0. The minimum absolute atomic E-state index is 0.0226. The Morgan fingerprint density at radius 3 is 2.74 bits per heavy atom. The Balaban J connectivity index is 1.40. The van der Waals surface area contributed by atoms with E-state index in [0.717, 1.165) is 68.4 Å². The summed E-state index contributed by atoms with van der Waals surface area (Å²) in [5.41, 5.74) is 1.21. The van der Waals surface area contributed by atoms with Crippen molar-refractivity contribution in [1.82, 2.24) is 14.9 Å². The Bertz CT molecular complexity index is 1020. The van der Waals surface area contributed by atoms with E-state index in [1.54, 1.807) is 15.9 Å². The molecule has 1 N–H and O–H groups in total. The number of nitrogens with zero attached hydrogens (tertiary/aromatic N) is 2. The van der Waals surface area contributed by atoms with Crippen LogP contribution in [0.3, 0.4) is 0 Å². The lowest BCUT2D eigenvalue weighted by Crippen LogP contribution is -2.37. The SMILES string of the molecule is C[C@H](Sc1nc2sc3c(c2c(=O)n1C[C@H]1CCCO1)CCC3)C(=O)NC[C@@H]1CCCO1. The first-order valence-corrected chi connectivity index (χ1v) is 13.0. The summed E-state index contributed by atoms with van der Waals surface area (Å²) in [5, 5.41) is 4.05. The first kappa shape index (κ1) is 21.4. The van der Waals surface area contributed by atoms with Gasteiger partial charge in [0.1, 0.15) is 4.83 Å². The zero-order chi connectivity index (χ0) is 21.4. The van der Waals surface area contributed by atoms with Crippen LogP contribution in [0.25, 0.3) is 10.2 Å². The number of rotatable bonds is 7. The van der Waals surface area contributed by atoms with Crippen molar-refractivity contribution in [3.05, 3.63) is 20.8 Å². The number of aryl methyl sites for hydroxylation is 2. The largest absolute Gasteiger partial charge is 0.376 e. The molecule has 3 aliphatic rings. The van der Waals surface area contributed by atoms with Gasteiger partial charge in [0.05, 0.1) is 29.4 Å². The third-order valence-corrected chi connectivity index (χ3v) is 8.66. The minimum Gasteiger partial charge on any atom is -0.376 e. The van der Waals surface area contributed by atoms with Crippen molar-refractivity contribution in [2.75, 3.05) is 19.8 Å². The molecule has 2 aromatic heterocycles. The van der Waals surface area contributed by atoms with Gasteiger partial charge >= 0.3 is 0 Å². The molecule has 4 heterocycles. The molecule has 2 fully saturated rings. The Hall–Kier alpha value is -1.42. The van der Waals surface area contributed by atoms with Gasteiger partial charge in [-0.15, -0.1) is 11.3 Å². The fraction of sp³-hybridized carbons (Fsp3) is 0.682. The number of ether oxygens (including phenoxy) is 2. The molecule has 5 rings (SSSR count). The summed E-state index contributed by atoms with van der Waals surface area (Å²) >= 11 is 3.01. The Morgan fingerprint density at radius 1 is 1.23 bits per heavy atom. The van der Waals surface area contributed by atoms with Crippen LogP contribution in [-0.2, 0) is 33.7 Å². The lowest BCUT2D eigenvalue weighted by molar-refractivity contribution is -0.120. The fourth-order valence-corrected chi connectivity index (χ4v) is 6.92. The first-order chi connectivity index (χ1) is 15.1. The summed E-state index contributed by atoms with van der Waals surface area (Å²) < 4.78 is 13.2. The van der Waals surface area contributed by atoms with Gasteiger partial charge in [0, 0.05) is 24.6 Å². The fourth-order valence-electron chi connectivity index (χ4n) is 4.68. The van der Waals surface area contributed by atoms with Gasteiger partial charge in [0.15, 0.2) is 5.16 Å². The van der Waals surface area contributed by atoms with Gasteiger partial charge in [-0.05, 0) is 57.4 Å². The predicted octanol–water partition coefficient (Wildman–Crippen LogP) is 2.90. The number of carbonyl (C=O) groups excluding carboxylic acids is 1. The van der Waals surface area contributed by atoms with Crippen molar-refractivity contribution < 1.29 is 14.3 Å². The van der Waals surface area contributed by atoms with Crippen LogP contribution in [-0.4, -0.2) is 52.7 Å². The summed E-state index contributed by atoms with van der Waals surface area (Å²) in [4.78, 5) is 33.2. The zero-order valence-electron chi connectivity index (χ0n) is 17.9. The molecule has 1 amide bonds. The van der Waals surface area contributed by atoms with Gasteiger partial charge in [-0.25, -0.2) is 4.98 Å². The Labute approximate surface area is 189 Å². The smallest absolute Gasteiger partial charge is 0.263 e. The van der Waals surface area contributed by atoms with E-state index in [0.29, 0.717) is 18.2 Å². The Morgan fingerprint density at radius 2 is 2.00 bits per heavy atom. The van der Waals surface area contributed by atoms with Crippen LogP contribution in [0.2, 0.25) is 0 Å². The summed E-state index contributed by atoms with van der Waals surface area (Å²) in [5.74, 6) is -0.0489. The van der Waals surface area contributed by atoms with Gasteiger partial charge in [-0.2, -0.15) is 0 Å². The highest BCUT2D eigenvalue weighted by molar-refractivity contribution is 8.00. The maximum Gasteiger partial charge on any atom is 0.263 e. The molecule has 7 nitrogen and oxygen atoms in total. The number of carbonyl (C=O) groups is 1. The van der Waals surface area contributed by atoms with E-state index in [9.17, 15) is 9.59 Å².